The van der Waals surface area contributed by atoms with E-state index in [0.29, 0.717) is 13.0 Å². The largest absolute Gasteiger partial charge is 0.489 e. The van der Waals surface area contributed by atoms with Gasteiger partial charge in [0.15, 0.2) is 0 Å². The van der Waals surface area contributed by atoms with Gasteiger partial charge in [-0.25, -0.2) is 0 Å². The average molecular weight is 394 g/mol. The van der Waals surface area contributed by atoms with E-state index in [9.17, 15) is 5.26 Å². The van der Waals surface area contributed by atoms with Gasteiger partial charge in [0.05, 0.1) is 18.5 Å². The van der Waals surface area contributed by atoms with Crippen molar-refractivity contribution in [1.29, 1.82) is 5.26 Å². The normalized spacial score (nSPS) is 15.0. The van der Waals surface area contributed by atoms with Gasteiger partial charge in [-0.05, 0) is 11.6 Å². The molecule has 2 aromatic carbocycles. The summed E-state index contributed by atoms with van der Waals surface area (Å²) in [6, 6.07) is 20.7. The Morgan fingerprint density at radius 3 is 2.35 bits per heavy atom. The molecular weight excluding hydrogens is 369 g/mol. The second kappa shape index (κ2) is 11.8. The van der Waals surface area contributed by atoms with Crippen LogP contribution in [0, 0.1) is 11.3 Å². The molecule has 0 radical (unpaired) electrons. The highest BCUT2D eigenvalue weighted by Crippen LogP contribution is 2.32. The van der Waals surface area contributed by atoms with Crippen LogP contribution in [-0.4, -0.2) is 31.1 Å². The summed E-state index contributed by atoms with van der Waals surface area (Å²) in [4.78, 5) is 2.38. The number of nitriles is 1. The number of nitrogens with zero attached hydrogens (tertiary/aromatic N) is 2. The standard InChI is InChI=1S/C20H23N3O.2ClH/c21-11-10-19(23-14-12-22-13-15-23)18-8-4-5-9-20(18)24-16-17-6-2-1-3-7-17;;/h1-9,19,22H,10,12-16H2;2*1H/t19-;;/m1../s1. The zero-order chi connectivity index (χ0) is 16.6. The van der Waals surface area contributed by atoms with Gasteiger partial charge < -0.3 is 10.1 Å². The molecule has 1 atom stereocenters. The maximum Gasteiger partial charge on any atom is 0.124 e. The Kier molecular flexibility index (Phi) is 10.1. The van der Waals surface area contributed by atoms with Crippen molar-refractivity contribution in [2.24, 2.45) is 0 Å². The first-order valence-electron chi connectivity index (χ1n) is 8.46. The van der Waals surface area contributed by atoms with Crippen molar-refractivity contribution in [3.8, 4) is 11.8 Å². The van der Waals surface area contributed by atoms with Crippen LogP contribution >= 0.6 is 24.8 Å². The summed E-state index contributed by atoms with van der Waals surface area (Å²) in [5.41, 5.74) is 2.25. The smallest absolute Gasteiger partial charge is 0.124 e. The van der Waals surface area contributed by atoms with E-state index in [0.717, 1.165) is 43.1 Å². The minimum absolute atomic E-state index is 0. The van der Waals surface area contributed by atoms with Crippen LogP contribution < -0.4 is 10.1 Å². The van der Waals surface area contributed by atoms with Crippen molar-refractivity contribution in [3.05, 3.63) is 65.7 Å². The molecule has 1 saturated heterocycles. The fourth-order valence-electron chi connectivity index (χ4n) is 3.14. The van der Waals surface area contributed by atoms with Crippen LogP contribution in [0.1, 0.15) is 23.6 Å². The van der Waals surface area contributed by atoms with E-state index >= 15 is 0 Å². The summed E-state index contributed by atoms with van der Waals surface area (Å²) >= 11 is 0. The molecule has 0 spiro atoms. The molecule has 6 heteroatoms. The monoisotopic (exact) mass is 393 g/mol. The molecule has 3 rings (SSSR count). The molecule has 0 bridgehead atoms. The van der Waals surface area contributed by atoms with Crippen molar-refractivity contribution in [1.82, 2.24) is 10.2 Å². The van der Waals surface area contributed by atoms with E-state index in [1.807, 2.05) is 36.4 Å². The summed E-state index contributed by atoms with van der Waals surface area (Å²) in [7, 11) is 0. The first-order valence-corrected chi connectivity index (χ1v) is 8.46. The summed E-state index contributed by atoms with van der Waals surface area (Å²) < 4.78 is 6.09. The van der Waals surface area contributed by atoms with Gasteiger partial charge in [0.2, 0.25) is 0 Å². The van der Waals surface area contributed by atoms with Gasteiger partial charge in [-0.2, -0.15) is 5.26 Å². The van der Waals surface area contributed by atoms with E-state index in [2.05, 4.69) is 34.5 Å². The van der Waals surface area contributed by atoms with E-state index in [-0.39, 0.29) is 30.9 Å². The Labute approximate surface area is 168 Å². The molecule has 2 aromatic rings. The Bertz CT molecular complexity index is 685. The van der Waals surface area contributed by atoms with Crippen LogP contribution in [0.15, 0.2) is 54.6 Å². The predicted molar refractivity (Wildman–Crippen MR) is 109 cm³/mol. The van der Waals surface area contributed by atoms with E-state index < -0.39 is 0 Å². The van der Waals surface area contributed by atoms with Crippen LogP contribution in [0.3, 0.4) is 0 Å². The molecule has 0 aromatic heterocycles. The molecule has 4 nitrogen and oxygen atoms in total. The second-order valence-electron chi connectivity index (χ2n) is 5.98. The Hall–Kier alpha value is -1.77. The number of ether oxygens (including phenoxy) is 1. The van der Waals surface area contributed by atoms with Crippen LogP contribution in [-0.2, 0) is 6.61 Å². The lowest BCUT2D eigenvalue weighted by Crippen LogP contribution is -2.45. The van der Waals surface area contributed by atoms with Gasteiger partial charge >= 0.3 is 0 Å². The topological polar surface area (TPSA) is 48.3 Å². The molecule has 0 saturated carbocycles. The fraction of sp³-hybridized carbons (Fsp3) is 0.350. The van der Waals surface area contributed by atoms with Crippen molar-refractivity contribution in [3.63, 3.8) is 0 Å². The third-order valence-corrected chi connectivity index (χ3v) is 4.39. The SMILES string of the molecule is Cl.Cl.N#CC[C@H](c1ccccc1OCc1ccccc1)N1CCNCC1. The van der Waals surface area contributed by atoms with Gasteiger partial charge in [0.1, 0.15) is 12.4 Å². The number of hydrogen-bond donors (Lipinski definition) is 1. The Morgan fingerprint density at radius 2 is 1.65 bits per heavy atom. The van der Waals surface area contributed by atoms with Gasteiger partial charge in [-0.3, -0.25) is 4.90 Å². The molecule has 1 N–H and O–H groups in total. The molecule has 0 aliphatic carbocycles. The molecule has 0 unspecified atom stereocenters. The van der Waals surface area contributed by atoms with E-state index in [1.165, 1.54) is 0 Å². The zero-order valence-corrected chi connectivity index (χ0v) is 16.3. The van der Waals surface area contributed by atoms with Gasteiger partial charge in [-0.15, -0.1) is 24.8 Å². The Balaban J connectivity index is 0.00000169. The molecule has 1 aliphatic heterocycles. The lowest BCUT2D eigenvalue weighted by molar-refractivity contribution is 0.170. The van der Waals surface area contributed by atoms with Gasteiger partial charge in [0, 0.05) is 31.7 Å². The number of nitrogens with one attached hydrogen (secondary N) is 1. The lowest BCUT2D eigenvalue weighted by atomic mass is 10.0. The average Bonchev–Trinajstić information content (AvgIpc) is 2.66. The summed E-state index contributed by atoms with van der Waals surface area (Å²) in [6.07, 6.45) is 0.478. The number of rotatable bonds is 6. The molecule has 1 heterocycles. The molecular formula is C20H25Cl2N3O. The maximum atomic E-state index is 9.29. The number of piperazine rings is 1. The van der Waals surface area contributed by atoms with Crippen molar-refractivity contribution >= 4 is 24.8 Å². The number of halogens is 2. The summed E-state index contributed by atoms with van der Waals surface area (Å²) in [5, 5.41) is 12.7. The van der Waals surface area contributed by atoms with Crippen LogP contribution in [0.2, 0.25) is 0 Å². The molecule has 0 amide bonds. The first kappa shape index (κ1) is 22.3. The van der Waals surface area contributed by atoms with Crippen LogP contribution in [0.4, 0.5) is 0 Å². The van der Waals surface area contributed by atoms with E-state index in [1.54, 1.807) is 0 Å². The number of hydrogen-bond acceptors (Lipinski definition) is 4. The minimum atomic E-state index is 0. The quantitative estimate of drug-likeness (QED) is 0.806. The van der Waals surface area contributed by atoms with Crippen molar-refractivity contribution in [2.45, 2.75) is 19.1 Å². The molecule has 26 heavy (non-hydrogen) atoms. The number of benzene rings is 2. The highest BCUT2D eigenvalue weighted by molar-refractivity contribution is 5.85. The third-order valence-electron chi connectivity index (χ3n) is 4.39. The third kappa shape index (κ3) is 5.89. The van der Waals surface area contributed by atoms with Gasteiger partial charge in [-0.1, -0.05) is 48.5 Å². The van der Waals surface area contributed by atoms with Gasteiger partial charge in [0.25, 0.3) is 0 Å². The van der Waals surface area contributed by atoms with Crippen molar-refractivity contribution in [2.75, 3.05) is 26.2 Å². The van der Waals surface area contributed by atoms with Crippen LogP contribution in [0.5, 0.6) is 5.75 Å². The minimum Gasteiger partial charge on any atom is -0.489 e. The summed E-state index contributed by atoms with van der Waals surface area (Å²) in [5.74, 6) is 0.875. The Morgan fingerprint density at radius 1 is 1.00 bits per heavy atom. The molecule has 1 fully saturated rings. The number of para-hydroxylation sites is 1. The first-order chi connectivity index (χ1) is 11.9. The highest BCUT2D eigenvalue weighted by atomic mass is 35.5. The maximum absolute atomic E-state index is 9.29. The van der Waals surface area contributed by atoms with E-state index in [4.69, 9.17) is 4.74 Å². The zero-order valence-electron chi connectivity index (χ0n) is 14.6. The molecule has 1 aliphatic rings. The predicted octanol–water partition coefficient (Wildman–Crippen LogP) is 3.97. The fourth-order valence-corrected chi connectivity index (χ4v) is 3.14. The highest BCUT2D eigenvalue weighted by Gasteiger charge is 2.24. The van der Waals surface area contributed by atoms with Crippen LogP contribution in [0.25, 0.3) is 0 Å². The second-order valence-corrected chi connectivity index (χ2v) is 5.98. The molecule has 140 valence electrons. The van der Waals surface area contributed by atoms with Crippen molar-refractivity contribution < 1.29 is 4.74 Å². The summed E-state index contributed by atoms with van der Waals surface area (Å²) in [6.45, 7) is 4.39. The lowest BCUT2D eigenvalue weighted by Gasteiger charge is -2.34.